The normalized spacial score (nSPS) is 23.9. The number of aliphatic hydroxyl groups is 1. The summed E-state index contributed by atoms with van der Waals surface area (Å²) in [6.07, 6.45) is 1.36. The standard InChI is InChI=1S/C12H22N2O3/c1-3-9(15)7-14-11(16)4-5-13-12(17)10-6-8(10)2/h8-10,15H,3-7H2,1-2H3,(H,13,17)(H,14,16). The molecule has 0 saturated heterocycles. The average Bonchev–Trinajstić information content (AvgIpc) is 3.03. The summed E-state index contributed by atoms with van der Waals surface area (Å²) in [6.45, 7) is 4.55. The van der Waals surface area contributed by atoms with Crippen LogP contribution in [-0.2, 0) is 9.59 Å². The second-order valence-corrected chi connectivity index (χ2v) is 4.73. The lowest BCUT2D eigenvalue weighted by Crippen LogP contribution is -2.35. The van der Waals surface area contributed by atoms with Gasteiger partial charge in [0.05, 0.1) is 6.10 Å². The molecule has 0 aromatic carbocycles. The highest BCUT2D eigenvalue weighted by Crippen LogP contribution is 2.37. The molecule has 2 amide bonds. The van der Waals surface area contributed by atoms with E-state index in [0.29, 0.717) is 18.9 Å². The summed E-state index contributed by atoms with van der Waals surface area (Å²) in [7, 11) is 0. The van der Waals surface area contributed by atoms with Crippen LogP contribution in [-0.4, -0.2) is 36.1 Å². The molecule has 1 fully saturated rings. The van der Waals surface area contributed by atoms with Crippen molar-refractivity contribution in [3.05, 3.63) is 0 Å². The Morgan fingerprint density at radius 1 is 1.41 bits per heavy atom. The minimum Gasteiger partial charge on any atom is -0.391 e. The Hall–Kier alpha value is -1.10. The van der Waals surface area contributed by atoms with Gasteiger partial charge >= 0.3 is 0 Å². The molecule has 5 nitrogen and oxygen atoms in total. The predicted molar refractivity (Wildman–Crippen MR) is 64.2 cm³/mol. The highest BCUT2D eigenvalue weighted by molar-refractivity contribution is 5.82. The van der Waals surface area contributed by atoms with Crippen LogP contribution in [0, 0.1) is 11.8 Å². The van der Waals surface area contributed by atoms with Crippen LogP contribution in [0.15, 0.2) is 0 Å². The fourth-order valence-corrected chi connectivity index (χ4v) is 1.58. The van der Waals surface area contributed by atoms with Crippen LogP contribution in [0.25, 0.3) is 0 Å². The van der Waals surface area contributed by atoms with Gasteiger partial charge in [-0.05, 0) is 18.8 Å². The fraction of sp³-hybridized carbons (Fsp3) is 0.833. The zero-order chi connectivity index (χ0) is 12.8. The molecule has 3 atom stereocenters. The lowest BCUT2D eigenvalue weighted by Gasteiger charge is -2.09. The molecule has 1 rings (SSSR count). The largest absolute Gasteiger partial charge is 0.391 e. The van der Waals surface area contributed by atoms with Crippen molar-refractivity contribution in [2.45, 2.75) is 39.2 Å². The van der Waals surface area contributed by atoms with Crippen molar-refractivity contribution in [2.24, 2.45) is 11.8 Å². The van der Waals surface area contributed by atoms with Crippen molar-refractivity contribution < 1.29 is 14.7 Å². The molecule has 0 spiro atoms. The monoisotopic (exact) mass is 242 g/mol. The number of nitrogens with one attached hydrogen (secondary N) is 2. The summed E-state index contributed by atoms with van der Waals surface area (Å²) in [5, 5.41) is 14.6. The van der Waals surface area contributed by atoms with Gasteiger partial charge in [-0.1, -0.05) is 13.8 Å². The molecule has 0 aromatic rings. The van der Waals surface area contributed by atoms with Crippen LogP contribution in [0.4, 0.5) is 0 Å². The predicted octanol–water partition coefficient (Wildman–Crippen LogP) is 0.0358. The molecule has 17 heavy (non-hydrogen) atoms. The number of rotatable bonds is 7. The van der Waals surface area contributed by atoms with E-state index in [9.17, 15) is 14.7 Å². The summed E-state index contributed by atoms with van der Waals surface area (Å²) >= 11 is 0. The van der Waals surface area contributed by atoms with E-state index in [-0.39, 0.29) is 30.7 Å². The molecular formula is C12H22N2O3. The first-order valence-corrected chi connectivity index (χ1v) is 6.27. The Morgan fingerprint density at radius 2 is 2.06 bits per heavy atom. The zero-order valence-electron chi connectivity index (χ0n) is 10.5. The number of carbonyl (C=O) groups is 2. The molecule has 5 heteroatoms. The average molecular weight is 242 g/mol. The molecule has 0 aliphatic heterocycles. The SMILES string of the molecule is CCC(O)CNC(=O)CCNC(=O)C1CC1C. The van der Waals surface area contributed by atoms with Gasteiger partial charge < -0.3 is 15.7 Å². The van der Waals surface area contributed by atoms with Crippen LogP contribution >= 0.6 is 0 Å². The molecule has 0 radical (unpaired) electrons. The van der Waals surface area contributed by atoms with E-state index < -0.39 is 6.10 Å². The van der Waals surface area contributed by atoms with Crippen LogP contribution < -0.4 is 10.6 Å². The summed E-state index contributed by atoms with van der Waals surface area (Å²) in [5.74, 6) is 0.559. The first-order valence-electron chi connectivity index (χ1n) is 6.27. The van der Waals surface area contributed by atoms with Crippen LogP contribution in [0.5, 0.6) is 0 Å². The third kappa shape index (κ3) is 5.17. The fourth-order valence-electron chi connectivity index (χ4n) is 1.58. The Kier molecular flexibility index (Phi) is 5.41. The smallest absolute Gasteiger partial charge is 0.223 e. The molecule has 1 saturated carbocycles. The Balaban J connectivity index is 2.02. The lowest BCUT2D eigenvalue weighted by molar-refractivity contribution is -0.123. The van der Waals surface area contributed by atoms with E-state index >= 15 is 0 Å². The molecule has 1 aliphatic carbocycles. The van der Waals surface area contributed by atoms with Crippen molar-refractivity contribution in [2.75, 3.05) is 13.1 Å². The quantitative estimate of drug-likeness (QED) is 0.589. The third-order valence-electron chi connectivity index (χ3n) is 3.10. The van der Waals surface area contributed by atoms with Gasteiger partial charge in [0.15, 0.2) is 0 Å². The third-order valence-corrected chi connectivity index (χ3v) is 3.10. The van der Waals surface area contributed by atoms with E-state index in [1.807, 2.05) is 13.8 Å². The van der Waals surface area contributed by atoms with Crippen molar-refractivity contribution in [1.29, 1.82) is 0 Å². The molecule has 3 N–H and O–H groups in total. The van der Waals surface area contributed by atoms with Crippen molar-refractivity contribution in [3.8, 4) is 0 Å². The van der Waals surface area contributed by atoms with Gasteiger partial charge in [0.2, 0.25) is 11.8 Å². The first kappa shape index (κ1) is 14.0. The number of amides is 2. The summed E-state index contributed by atoms with van der Waals surface area (Å²) in [6, 6.07) is 0. The van der Waals surface area contributed by atoms with Crippen LogP contribution in [0.3, 0.4) is 0 Å². The molecule has 1 aliphatic rings. The van der Waals surface area contributed by atoms with Crippen LogP contribution in [0.2, 0.25) is 0 Å². The number of hydrogen-bond donors (Lipinski definition) is 3. The highest BCUT2D eigenvalue weighted by Gasteiger charge is 2.38. The minimum atomic E-state index is -0.485. The second-order valence-electron chi connectivity index (χ2n) is 4.73. The van der Waals surface area contributed by atoms with E-state index in [0.717, 1.165) is 6.42 Å². The Bertz CT molecular complexity index is 281. The van der Waals surface area contributed by atoms with Gasteiger partial charge in [-0.3, -0.25) is 9.59 Å². The summed E-state index contributed by atoms with van der Waals surface area (Å²) < 4.78 is 0. The number of aliphatic hydroxyl groups excluding tert-OH is 1. The highest BCUT2D eigenvalue weighted by atomic mass is 16.3. The molecule has 98 valence electrons. The molecule has 0 bridgehead atoms. The number of hydrogen-bond acceptors (Lipinski definition) is 3. The lowest BCUT2D eigenvalue weighted by atomic mass is 10.2. The number of carbonyl (C=O) groups excluding carboxylic acids is 2. The topological polar surface area (TPSA) is 78.4 Å². The molecule has 3 unspecified atom stereocenters. The summed E-state index contributed by atoms with van der Waals surface area (Å²) in [5.41, 5.74) is 0. The van der Waals surface area contributed by atoms with Gasteiger partial charge in [0.25, 0.3) is 0 Å². The van der Waals surface area contributed by atoms with E-state index in [1.54, 1.807) is 0 Å². The maximum atomic E-state index is 11.4. The van der Waals surface area contributed by atoms with Gasteiger partial charge in [-0.15, -0.1) is 0 Å². The maximum Gasteiger partial charge on any atom is 0.223 e. The van der Waals surface area contributed by atoms with Gasteiger partial charge in [-0.2, -0.15) is 0 Å². The molecule has 0 aromatic heterocycles. The Morgan fingerprint density at radius 3 is 2.59 bits per heavy atom. The zero-order valence-corrected chi connectivity index (χ0v) is 10.5. The van der Waals surface area contributed by atoms with E-state index in [1.165, 1.54) is 0 Å². The van der Waals surface area contributed by atoms with E-state index in [4.69, 9.17) is 0 Å². The van der Waals surface area contributed by atoms with Crippen molar-refractivity contribution in [3.63, 3.8) is 0 Å². The summed E-state index contributed by atoms with van der Waals surface area (Å²) in [4.78, 5) is 22.7. The second kappa shape index (κ2) is 6.59. The first-order chi connectivity index (χ1) is 8.04. The van der Waals surface area contributed by atoms with Gasteiger partial charge in [0.1, 0.15) is 0 Å². The van der Waals surface area contributed by atoms with E-state index in [2.05, 4.69) is 10.6 Å². The molecule has 0 heterocycles. The van der Waals surface area contributed by atoms with Gasteiger partial charge in [-0.25, -0.2) is 0 Å². The van der Waals surface area contributed by atoms with Crippen molar-refractivity contribution in [1.82, 2.24) is 10.6 Å². The van der Waals surface area contributed by atoms with Crippen molar-refractivity contribution >= 4 is 11.8 Å². The minimum absolute atomic E-state index is 0.0545. The molecular weight excluding hydrogens is 220 g/mol. The Labute approximate surface area is 102 Å². The van der Waals surface area contributed by atoms with Crippen LogP contribution in [0.1, 0.15) is 33.1 Å². The maximum absolute atomic E-state index is 11.4. The van der Waals surface area contributed by atoms with Gasteiger partial charge in [0, 0.05) is 25.4 Å².